The largest absolute Gasteiger partial charge is 0.496 e. The van der Waals surface area contributed by atoms with Crippen LogP contribution in [0.2, 0.25) is 5.02 Å². The number of rotatable bonds is 4. The quantitative estimate of drug-likeness (QED) is 0.853. The molecule has 0 atom stereocenters. The molecule has 0 heterocycles. The third kappa shape index (κ3) is 3.44. The van der Waals surface area contributed by atoms with Crippen LogP contribution in [0.25, 0.3) is 0 Å². The fraction of sp³-hybridized carbons (Fsp3) is 0.133. The monoisotopic (exact) mass is 309 g/mol. The van der Waals surface area contributed by atoms with Crippen LogP contribution in [0.15, 0.2) is 42.5 Å². The summed E-state index contributed by atoms with van der Waals surface area (Å²) in [6.07, 6.45) is 0. The summed E-state index contributed by atoms with van der Waals surface area (Å²) in [5.41, 5.74) is 2.12. The van der Waals surface area contributed by atoms with E-state index < -0.39 is 0 Å². The first-order chi connectivity index (χ1) is 9.63. The minimum Gasteiger partial charge on any atom is -0.496 e. The van der Waals surface area contributed by atoms with Gasteiger partial charge >= 0.3 is 0 Å². The molecule has 2 aromatic carbocycles. The first-order valence-corrected chi connectivity index (χ1v) is 6.85. The van der Waals surface area contributed by atoms with Crippen LogP contribution in [-0.2, 0) is 5.88 Å². The van der Waals surface area contributed by atoms with Crippen molar-refractivity contribution in [3.8, 4) is 5.75 Å². The second-order valence-corrected chi connectivity index (χ2v) is 4.83. The van der Waals surface area contributed by atoms with Crippen molar-refractivity contribution in [2.24, 2.45) is 0 Å². The van der Waals surface area contributed by atoms with Gasteiger partial charge in [-0.2, -0.15) is 0 Å². The smallest absolute Gasteiger partial charge is 0.259 e. The summed E-state index contributed by atoms with van der Waals surface area (Å²) in [5, 5.41) is 3.32. The van der Waals surface area contributed by atoms with Gasteiger partial charge in [0, 0.05) is 16.6 Å². The van der Waals surface area contributed by atoms with Gasteiger partial charge < -0.3 is 10.1 Å². The molecule has 1 amide bonds. The summed E-state index contributed by atoms with van der Waals surface area (Å²) in [6.45, 7) is 0. The van der Waals surface area contributed by atoms with Crippen molar-refractivity contribution in [3.05, 3.63) is 58.6 Å². The molecule has 0 saturated carbocycles. The summed E-state index contributed by atoms with van der Waals surface area (Å²) < 4.78 is 5.16. The Kier molecular flexibility index (Phi) is 4.88. The third-order valence-electron chi connectivity index (χ3n) is 2.77. The van der Waals surface area contributed by atoms with Gasteiger partial charge in [0.05, 0.1) is 12.7 Å². The molecule has 5 heteroatoms. The van der Waals surface area contributed by atoms with Gasteiger partial charge in [0.1, 0.15) is 5.75 Å². The van der Waals surface area contributed by atoms with Gasteiger partial charge in [-0.05, 0) is 35.9 Å². The molecule has 0 aliphatic rings. The SMILES string of the molecule is COc1cc(Cl)ccc1C(=O)Nc1ccc(CCl)cc1. The molecule has 0 aliphatic carbocycles. The van der Waals surface area contributed by atoms with Crippen LogP contribution in [0.3, 0.4) is 0 Å². The Balaban J connectivity index is 2.19. The molecule has 0 saturated heterocycles. The molecule has 20 heavy (non-hydrogen) atoms. The molecule has 3 nitrogen and oxygen atoms in total. The summed E-state index contributed by atoms with van der Waals surface area (Å²) >= 11 is 11.6. The first-order valence-electron chi connectivity index (χ1n) is 5.94. The van der Waals surface area contributed by atoms with Gasteiger partial charge in [0.25, 0.3) is 5.91 Å². The predicted octanol–water partition coefficient (Wildman–Crippen LogP) is 4.34. The number of hydrogen-bond acceptors (Lipinski definition) is 2. The minimum atomic E-state index is -0.253. The van der Waals surface area contributed by atoms with Gasteiger partial charge in [-0.1, -0.05) is 23.7 Å². The summed E-state index contributed by atoms with van der Waals surface area (Å²) in [5.74, 6) is 0.628. The zero-order valence-electron chi connectivity index (χ0n) is 10.8. The highest BCUT2D eigenvalue weighted by Gasteiger charge is 2.12. The van der Waals surface area contributed by atoms with Gasteiger partial charge in [-0.25, -0.2) is 0 Å². The number of alkyl halides is 1. The number of ether oxygens (including phenoxy) is 1. The van der Waals surface area contributed by atoms with E-state index in [0.29, 0.717) is 27.9 Å². The van der Waals surface area contributed by atoms with Gasteiger partial charge in [0.15, 0.2) is 0 Å². The molecule has 0 spiro atoms. The summed E-state index contributed by atoms with van der Waals surface area (Å²) in [7, 11) is 1.50. The molecule has 0 radical (unpaired) electrons. The highest BCUT2D eigenvalue weighted by atomic mass is 35.5. The van der Waals surface area contributed by atoms with Crippen molar-refractivity contribution >= 4 is 34.8 Å². The van der Waals surface area contributed by atoms with Crippen molar-refractivity contribution in [1.29, 1.82) is 0 Å². The number of carbonyl (C=O) groups is 1. The van der Waals surface area contributed by atoms with Crippen molar-refractivity contribution in [3.63, 3.8) is 0 Å². The fourth-order valence-electron chi connectivity index (χ4n) is 1.73. The molecule has 1 N–H and O–H groups in total. The Morgan fingerprint density at radius 3 is 2.50 bits per heavy atom. The number of methoxy groups -OCH3 is 1. The number of nitrogens with one attached hydrogen (secondary N) is 1. The minimum absolute atomic E-state index is 0.253. The number of anilines is 1. The topological polar surface area (TPSA) is 38.3 Å². The number of hydrogen-bond donors (Lipinski definition) is 1. The molecule has 0 aliphatic heterocycles. The molecular weight excluding hydrogens is 297 g/mol. The van der Waals surface area contributed by atoms with Crippen molar-refractivity contribution < 1.29 is 9.53 Å². The lowest BCUT2D eigenvalue weighted by molar-refractivity contribution is 0.102. The van der Waals surface area contributed by atoms with Gasteiger partial charge in [-0.3, -0.25) is 4.79 Å². The Bertz CT molecular complexity index is 612. The molecule has 0 aromatic heterocycles. The van der Waals surface area contributed by atoms with E-state index in [1.807, 2.05) is 12.1 Å². The lowest BCUT2D eigenvalue weighted by Gasteiger charge is -2.10. The first kappa shape index (κ1) is 14.7. The van der Waals surface area contributed by atoms with E-state index in [2.05, 4.69) is 5.32 Å². The predicted molar refractivity (Wildman–Crippen MR) is 82.0 cm³/mol. The zero-order chi connectivity index (χ0) is 14.5. The van der Waals surface area contributed by atoms with Crippen LogP contribution < -0.4 is 10.1 Å². The van der Waals surface area contributed by atoms with Crippen LogP contribution in [-0.4, -0.2) is 13.0 Å². The van der Waals surface area contributed by atoms with Crippen LogP contribution >= 0.6 is 23.2 Å². The van der Waals surface area contributed by atoms with Gasteiger partial charge in [0.2, 0.25) is 0 Å². The number of benzene rings is 2. The van der Waals surface area contributed by atoms with E-state index in [1.54, 1.807) is 30.3 Å². The zero-order valence-corrected chi connectivity index (χ0v) is 12.3. The normalized spacial score (nSPS) is 10.2. The Labute approximate surface area is 127 Å². The van der Waals surface area contributed by atoms with Crippen LogP contribution in [0, 0.1) is 0 Å². The standard InChI is InChI=1S/C15H13Cl2NO2/c1-20-14-8-11(17)4-7-13(14)15(19)18-12-5-2-10(9-16)3-6-12/h2-8H,9H2,1H3,(H,18,19). The summed E-state index contributed by atoms with van der Waals surface area (Å²) in [6, 6.07) is 12.2. The van der Waals surface area contributed by atoms with Crippen molar-refractivity contribution in [1.82, 2.24) is 0 Å². The number of halogens is 2. The molecule has 0 unspecified atom stereocenters. The average Bonchev–Trinajstić information content (AvgIpc) is 2.47. The fourth-order valence-corrected chi connectivity index (χ4v) is 2.07. The second kappa shape index (κ2) is 6.64. The lowest BCUT2D eigenvalue weighted by atomic mass is 10.1. The van der Waals surface area contributed by atoms with Crippen molar-refractivity contribution in [2.45, 2.75) is 5.88 Å². The molecule has 2 aromatic rings. The molecule has 0 fully saturated rings. The Morgan fingerprint density at radius 1 is 1.20 bits per heavy atom. The van der Waals surface area contributed by atoms with E-state index in [4.69, 9.17) is 27.9 Å². The second-order valence-electron chi connectivity index (χ2n) is 4.13. The van der Waals surface area contributed by atoms with E-state index in [-0.39, 0.29) is 5.91 Å². The highest BCUT2D eigenvalue weighted by Crippen LogP contribution is 2.24. The molecular formula is C15H13Cl2NO2. The van der Waals surface area contributed by atoms with Gasteiger partial charge in [-0.15, -0.1) is 11.6 Å². The summed E-state index contributed by atoms with van der Waals surface area (Å²) in [4.78, 5) is 12.2. The van der Waals surface area contributed by atoms with Crippen LogP contribution in [0.4, 0.5) is 5.69 Å². The third-order valence-corrected chi connectivity index (χ3v) is 3.32. The molecule has 0 bridgehead atoms. The highest BCUT2D eigenvalue weighted by molar-refractivity contribution is 6.31. The number of amides is 1. The van der Waals surface area contributed by atoms with E-state index in [9.17, 15) is 4.79 Å². The molecule has 104 valence electrons. The van der Waals surface area contributed by atoms with Crippen LogP contribution in [0.1, 0.15) is 15.9 Å². The van der Waals surface area contributed by atoms with E-state index >= 15 is 0 Å². The van der Waals surface area contributed by atoms with Crippen LogP contribution in [0.5, 0.6) is 5.75 Å². The maximum absolute atomic E-state index is 12.2. The maximum Gasteiger partial charge on any atom is 0.259 e. The lowest BCUT2D eigenvalue weighted by Crippen LogP contribution is -2.13. The van der Waals surface area contributed by atoms with Crippen molar-refractivity contribution in [2.75, 3.05) is 12.4 Å². The van der Waals surface area contributed by atoms with E-state index in [0.717, 1.165) is 5.56 Å². The number of carbonyl (C=O) groups excluding carboxylic acids is 1. The van der Waals surface area contributed by atoms with E-state index in [1.165, 1.54) is 7.11 Å². The maximum atomic E-state index is 12.2. The Morgan fingerprint density at radius 2 is 1.90 bits per heavy atom. The Hall–Kier alpha value is -1.71. The average molecular weight is 310 g/mol. The molecule has 2 rings (SSSR count).